The molecule has 0 radical (unpaired) electrons. The molecule has 0 aromatic rings. The highest BCUT2D eigenvalue weighted by Crippen LogP contribution is 3.14. The van der Waals surface area contributed by atoms with Crippen molar-refractivity contribution in [3.63, 3.8) is 0 Å². The lowest BCUT2D eigenvalue weighted by Crippen LogP contribution is -2.41. The molecular formula is C15H26P2. The minimum atomic E-state index is 0.303. The van der Waals surface area contributed by atoms with E-state index in [1.807, 2.05) is 0 Å². The van der Waals surface area contributed by atoms with Gasteiger partial charge in [-0.25, -0.2) is 0 Å². The van der Waals surface area contributed by atoms with Crippen molar-refractivity contribution >= 4 is 15.2 Å². The van der Waals surface area contributed by atoms with Gasteiger partial charge in [-0.05, 0) is 28.1 Å². The second kappa shape index (κ2) is 3.19. The average molecular weight is 268 g/mol. The third-order valence-corrected chi connectivity index (χ3v) is 16.7. The first kappa shape index (κ1) is 12.6. The van der Waals surface area contributed by atoms with Crippen LogP contribution in [0.1, 0.15) is 48.5 Å². The van der Waals surface area contributed by atoms with Gasteiger partial charge < -0.3 is 0 Å². The maximum absolute atomic E-state index is 2.66. The first-order valence-electron chi connectivity index (χ1n) is 6.90. The Morgan fingerprint density at radius 3 is 2.00 bits per heavy atom. The summed E-state index contributed by atoms with van der Waals surface area (Å²) >= 11 is 0. The Morgan fingerprint density at radius 1 is 1.00 bits per heavy atom. The van der Waals surface area contributed by atoms with Crippen molar-refractivity contribution in [1.82, 2.24) is 0 Å². The van der Waals surface area contributed by atoms with E-state index in [1.165, 1.54) is 0 Å². The zero-order valence-electron chi connectivity index (χ0n) is 12.3. The number of hydrogen-bond donors (Lipinski definition) is 0. The summed E-state index contributed by atoms with van der Waals surface area (Å²) in [6.45, 7) is 17.4. The topological polar surface area (TPSA) is 0 Å². The minimum absolute atomic E-state index is 0.303. The molecule has 0 aromatic heterocycles. The van der Waals surface area contributed by atoms with Crippen LogP contribution in [0.2, 0.25) is 0 Å². The lowest BCUT2D eigenvalue weighted by Gasteiger charge is -2.45. The van der Waals surface area contributed by atoms with Crippen LogP contribution in [-0.4, -0.2) is 16.2 Å². The standard InChI is InChI=1S/C15H26P2/c1-10-11-8-9-15(14(5,6)7)16(10)17(15)12(11)13(2,3)4/h8-12H,1-7H3. The van der Waals surface area contributed by atoms with Crippen molar-refractivity contribution in [2.75, 3.05) is 0 Å². The number of allylic oxidation sites excluding steroid dienone is 2. The van der Waals surface area contributed by atoms with Crippen LogP contribution in [0, 0.1) is 16.7 Å². The fourth-order valence-electron chi connectivity index (χ4n) is 4.25. The molecule has 0 spiro atoms. The van der Waals surface area contributed by atoms with Crippen molar-refractivity contribution in [1.29, 1.82) is 0 Å². The van der Waals surface area contributed by atoms with E-state index in [2.05, 4.69) is 60.6 Å². The third kappa shape index (κ3) is 1.33. The van der Waals surface area contributed by atoms with Crippen LogP contribution < -0.4 is 0 Å². The van der Waals surface area contributed by atoms with Gasteiger partial charge in [0.05, 0.1) is 0 Å². The Bertz CT molecular complexity index is 385. The second-order valence-electron chi connectivity index (χ2n) is 8.15. The highest BCUT2D eigenvalue weighted by atomic mass is 32.1. The van der Waals surface area contributed by atoms with Gasteiger partial charge in [0.1, 0.15) is 0 Å². The Hall–Kier alpha value is 0.600. The van der Waals surface area contributed by atoms with Crippen molar-refractivity contribution in [3.05, 3.63) is 12.2 Å². The van der Waals surface area contributed by atoms with Crippen molar-refractivity contribution in [3.8, 4) is 0 Å². The van der Waals surface area contributed by atoms with Gasteiger partial charge in [-0.1, -0.05) is 75.8 Å². The lowest BCUT2D eigenvalue weighted by atomic mass is 9.80. The molecule has 4 aliphatic rings. The van der Waals surface area contributed by atoms with E-state index >= 15 is 0 Å². The summed E-state index contributed by atoms with van der Waals surface area (Å²) in [4.78, 5) is 0.657. The van der Waals surface area contributed by atoms with E-state index in [0.717, 1.165) is 17.2 Å². The number of rotatable bonds is 0. The molecule has 2 saturated heterocycles. The summed E-state index contributed by atoms with van der Waals surface area (Å²) in [5.74, 6) is 0.913. The summed E-state index contributed by atoms with van der Waals surface area (Å²) in [5.41, 5.74) is 3.01. The molecule has 0 N–H and O–H groups in total. The van der Waals surface area contributed by atoms with Crippen LogP contribution >= 0.6 is 15.2 Å². The van der Waals surface area contributed by atoms with Crippen molar-refractivity contribution in [2.45, 2.75) is 64.7 Å². The Morgan fingerprint density at radius 2 is 1.59 bits per heavy atom. The molecule has 0 nitrogen and oxygen atoms in total. The molecule has 4 heterocycles. The summed E-state index contributed by atoms with van der Waals surface area (Å²) in [6, 6.07) is 0. The van der Waals surface area contributed by atoms with E-state index in [0.29, 0.717) is 30.9 Å². The summed E-state index contributed by atoms with van der Waals surface area (Å²) in [7, 11) is 0.631. The highest BCUT2D eigenvalue weighted by molar-refractivity contribution is 8.49. The van der Waals surface area contributed by atoms with Crippen LogP contribution in [-0.2, 0) is 0 Å². The first-order valence-corrected chi connectivity index (χ1v) is 10.4. The number of hydrogen-bond acceptors (Lipinski definition) is 0. The largest absolute Gasteiger partial charge is 0.0828 e. The van der Waals surface area contributed by atoms with Crippen LogP contribution in [0.4, 0.5) is 0 Å². The van der Waals surface area contributed by atoms with Crippen LogP contribution in [0.3, 0.4) is 0 Å². The predicted molar refractivity (Wildman–Crippen MR) is 81.4 cm³/mol. The van der Waals surface area contributed by atoms with Gasteiger partial charge in [0.25, 0.3) is 0 Å². The summed E-state index contributed by atoms with van der Waals surface area (Å²) < 4.78 is 0. The monoisotopic (exact) mass is 268 g/mol. The van der Waals surface area contributed by atoms with Crippen molar-refractivity contribution < 1.29 is 0 Å². The molecule has 4 aliphatic heterocycles. The smallest absolute Gasteiger partial charge is 0.0416 e. The molecule has 2 heteroatoms. The second-order valence-corrected chi connectivity index (χ2v) is 15.3. The van der Waals surface area contributed by atoms with Gasteiger partial charge in [-0.15, -0.1) is 0 Å². The molecule has 96 valence electrons. The molecule has 0 saturated carbocycles. The molecule has 0 aliphatic carbocycles. The fraction of sp³-hybridized carbons (Fsp3) is 0.867. The normalized spacial score (nSPS) is 51.8. The summed E-state index contributed by atoms with van der Waals surface area (Å²) in [5, 5.41) is 0. The molecule has 0 aromatic carbocycles. The van der Waals surface area contributed by atoms with Crippen LogP contribution in [0.25, 0.3) is 0 Å². The fourth-order valence-corrected chi connectivity index (χ4v) is 20.1. The molecule has 4 rings (SSSR count). The molecular weight excluding hydrogens is 242 g/mol. The molecule has 4 bridgehead atoms. The molecule has 6 atom stereocenters. The Kier molecular flexibility index (Phi) is 2.37. The Balaban J connectivity index is 2.07. The van der Waals surface area contributed by atoms with Gasteiger partial charge in [-0.3, -0.25) is 0 Å². The van der Waals surface area contributed by atoms with Crippen LogP contribution in [0.5, 0.6) is 0 Å². The predicted octanol–water partition coefficient (Wildman–Crippen LogP) is 5.62. The van der Waals surface area contributed by atoms with Crippen molar-refractivity contribution in [2.24, 2.45) is 16.7 Å². The van der Waals surface area contributed by atoms with Gasteiger partial charge in [0, 0.05) is 4.90 Å². The van der Waals surface area contributed by atoms with E-state index in [4.69, 9.17) is 0 Å². The quantitative estimate of drug-likeness (QED) is 0.395. The minimum Gasteiger partial charge on any atom is -0.0828 e. The van der Waals surface area contributed by atoms with Crippen LogP contribution in [0.15, 0.2) is 12.2 Å². The van der Waals surface area contributed by atoms with E-state index in [1.54, 1.807) is 0 Å². The van der Waals surface area contributed by atoms with E-state index in [9.17, 15) is 0 Å². The Labute approximate surface area is 109 Å². The molecule has 17 heavy (non-hydrogen) atoms. The SMILES string of the molecule is CC1C2C=CC3(C(C)(C)C)P1P3C2C(C)(C)C. The summed E-state index contributed by atoms with van der Waals surface area (Å²) in [6.07, 6.45) is 5.27. The van der Waals surface area contributed by atoms with E-state index in [-0.39, 0.29) is 0 Å². The first-order chi connectivity index (χ1) is 7.62. The zero-order valence-corrected chi connectivity index (χ0v) is 14.1. The lowest BCUT2D eigenvalue weighted by molar-refractivity contribution is 0.317. The van der Waals surface area contributed by atoms with Gasteiger partial charge >= 0.3 is 0 Å². The molecule has 0 amide bonds. The maximum atomic E-state index is 2.66. The maximum Gasteiger partial charge on any atom is 0.0416 e. The van der Waals surface area contributed by atoms with Gasteiger partial charge in [-0.2, -0.15) is 0 Å². The zero-order chi connectivity index (χ0) is 12.8. The molecule has 2 fully saturated rings. The van der Waals surface area contributed by atoms with Gasteiger partial charge in [0.15, 0.2) is 0 Å². The average Bonchev–Trinajstić information content (AvgIpc) is 2.76. The highest BCUT2D eigenvalue weighted by Gasteiger charge is 2.79. The third-order valence-electron chi connectivity index (χ3n) is 5.00. The molecule has 6 unspecified atom stereocenters. The van der Waals surface area contributed by atoms with E-state index < -0.39 is 0 Å². The van der Waals surface area contributed by atoms with Gasteiger partial charge in [0.2, 0.25) is 0 Å².